The van der Waals surface area contributed by atoms with E-state index in [1.54, 1.807) is 17.0 Å². The molecule has 1 fully saturated rings. The van der Waals surface area contributed by atoms with Gasteiger partial charge in [0.1, 0.15) is 18.0 Å². The molecule has 1 aromatic rings. The number of aliphatic hydroxyl groups is 2. The van der Waals surface area contributed by atoms with Gasteiger partial charge in [-0.3, -0.25) is 9.59 Å². The number of hydrogen-bond donors (Lipinski definition) is 3. The van der Waals surface area contributed by atoms with Gasteiger partial charge in [-0.15, -0.1) is 0 Å². The summed E-state index contributed by atoms with van der Waals surface area (Å²) in [5.74, 6) is 0.0470. The maximum atomic E-state index is 13.2. The summed E-state index contributed by atoms with van der Waals surface area (Å²) in [6.07, 6.45) is 1.67. The fourth-order valence-corrected chi connectivity index (χ4v) is 4.74. The highest BCUT2D eigenvalue weighted by Crippen LogP contribution is 2.30. The Bertz CT molecular complexity index is 859. The van der Waals surface area contributed by atoms with Crippen molar-refractivity contribution in [2.45, 2.75) is 50.0 Å². The zero-order chi connectivity index (χ0) is 24.5. The molecule has 1 aliphatic heterocycles. The van der Waals surface area contributed by atoms with E-state index >= 15 is 0 Å². The molecular weight excluding hydrogens is 555 g/mol. The summed E-state index contributed by atoms with van der Waals surface area (Å²) < 4.78 is 17.9. The van der Waals surface area contributed by atoms with Crippen LogP contribution in [0, 0.1) is 3.57 Å². The summed E-state index contributed by atoms with van der Waals surface area (Å²) in [6, 6.07) is 6.72. The molecule has 1 saturated heterocycles. The number of nitrogens with one attached hydrogen (secondary N) is 1. The third kappa shape index (κ3) is 7.14. The Kier molecular flexibility index (Phi) is 10.6. The number of carbonyl (C=O) groups excluding carboxylic acids is 2. The fourth-order valence-electron chi connectivity index (χ4n) is 4.23. The largest absolute Gasteiger partial charge is 0.482 e. The summed E-state index contributed by atoms with van der Waals surface area (Å²) in [5.41, 5.74) is 0.400. The van der Waals surface area contributed by atoms with E-state index in [-0.39, 0.29) is 50.5 Å². The molecule has 0 bridgehead atoms. The van der Waals surface area contributed by atoms with Crippen LogP contribution in [-0.2, 0) is 19.1 Å². The summed E-state index contributed by atoms with van der Waals surface area (Å²) in [7, 11) is 1.53. The molecule has 0 saturated carbocycles. The van der Waals surface area contributed by atoms with Crippen molar-refractivity contribution in [3.05, 3.63) is 39.5 Å². The summed E-state index contributed by atoms with van der Waals surface area (Å²) >= 11 is 2.15. The first-order valence-corrected chi connectivity index (χ1v) is 12.6. The van der Waals surface area contributed by atoms with Gasteiger partial charge in [0.25, 0.3) is 0 Å². The number of carbonyl (C=O) groups is 2. The maximum Gasteiger partial charge on any atom is 0.247 e. The number of nitrogens with zero attached hydrogens (tertiary/aromatic N) is 1. The first kappa shape index (κ1) is 26.9. The second-order valence-electron chi connectivity index (χ2n) is 8.37. The van der Waals surface area contributed by atoms with Crippen LogP contribution >= 0.6 is 22.6 Å². The normalized spacial score (nSPS) is 24.4. The molecule has 3 rings (SSSR count). The zero-order valence-corrected chi connectivity index (χ0v) is 21.5. The van der Waals surface area contributed by atoms with Gasteiger partial charge in [-0.2, -0.15) is 0 Å². The second kappa shape index (κ2) is 13.4. The number of methoxy groups -OCH3 is 1. The topological polar surface area (TPSA) is 118 Å². The van der Waals surface area contributed by atoms with Gasteiger partial charge in [-0.1, -0.05) is 12.1 Å². The van der Waals surface area contributed by atoms with Crippen LogP contribution in [0.15, 0.2) is 35.9 Å². The lowest BCUT2D eigenvalue weighted by Crippen LogP contribution is -2.56. The maximum absolute atomic E-state index is 13.2. The van der Waals surface area contributed by atoms with Crippen molar-refractivity contribution < 1.29 is 34.0 Å². The minimum Gasteiger partial charge on any atom is -0.482 e. The van der Waals surface area contributed by atoms with E-state index in [1.807, 2.05) is 18.2 Å². The Morgan fingerprint density at radius 2 is 2.12 bits per heavy atom. The Morgan fingerprint density at radius 1 is 1.32 bits per heavy atom. The van der Waals surface area contributed by atoms with Crippen molar-refractivity contribution in [3.8, 4) is 5.75 Å². The molecule has 10 heteroatoms. The van der Waals surface area contributed by atoms with Gasteiger partial charge in [-0.05, 0) is 53.6 Å². The third-order valence-electron chi connectivity index (χ3n) is 5.98. The van der Waals surface area contributed by atoms with E-state index in [4.69, 9.17) is 19.3 Å². The molecule has 2 aliphatic rings. The lowest BCUT2D eigenvalue weighted by atomic mass is 9.87. The third-order valence-corrected chi connectivity index (χ3v) is 6.87. The first-order valence-electron chi connectivity index (χ1n) is 11.5. The van der Waals surface area contributed by atoms with Gasteiger partial charge >= 0.3 is 0 Å². The van der Waals surface area contributed by atoms with E-state index in [0.717, 1.165) is 16.4 Å². The zero-order valence-electron chi connectivity index (χ0n) is 19.3. The van der Waals surface area contributed by atoms with Crippen LogP contribution in [0.1, 0.15) is 25.7 Å². The Balaban J connectivity index is 1.90. The van der Waals surface area contributed by atoms with E-state index in [0.29, 0.717) is 24.5 Å². The highest BCUT2D eigenvalue weighted by Gasteiger charge is 2.41. The number of benzene rings is 1. The van der Waals surface area contributed by atoms with Crippen LogP contribution in [0.3, 0.4) is 0 Å². The quantitative estimate of drug-likeness (QED) is 0.334. The van der Waals surface area contributed by atoms with E-state index in [9.17, 15) is 14.7 Å². The van der Waals surface area contributed by atoms with Crippen molar-refractivity contribution in [1.29, 1.82) is 0 Å². The van der Waals surface area contributed by atoms with Crippen molar-refractivity contribution in [3.63, 3.8) is 0 Å². The minimum absolute atomic E-state index is 0.109. The number of aliphatic hydroxyl groups excluding tert-OH is 2. The van der Waals surface area contributed by atoms with Gasteiger partial charge in [0.05, 0.1) is 35.4 Å². The molecule has 3 N–H and O–H groups in total. The first-order chi connectivity index (χ1) is 16.4. The predicted molar refractivity (Wildman–Crippen MR) is 133 cm³/mol. The van der Waals surface area contributed by atoms with Crippen LogP contribution in [0.25, 0.3) is 0 Å². The standard InChI is InChI=1S/C24H33IN2O7/c1-32-12-8-22(29)27(15-17-5-4-11-33-17)19-13-16(24(31)26-9-10-28)14-21(23(19)30)34-20-7-3-2-6-18(20)25/h2-3,6-7,14,17,19,21,23,28,30H,4-5,8-13,15H2,1H3,(H,26,31). The van der Waals surface area contributed by atoms with Crippen molar-refractivity contribution in [2.24, 2.45) is 0 Å². The average molecular weight is 588 g/mol. The molecule has 0 aromatic heterocycles. The molecule has 0 spiro atoms. The molecule has 188 valence electrons. The lowest BCUT2D eigenvalue weighted by molar-refractivity contribution is -0.141. The molecule has 34 heavy (non-hydrogen) atoms. The molecule has 4 atom stereocenters. The Morgan fingerprint density at radius 3 is 2.79 bits per heavy atom. The van der Waals surface area contributed by atoms with Crippen LogP contribution in [0.4, 0.5) is 0 Å². The molecule has 9 nitrogen and oxygen atoms in total. The van der Waals surface area contributed by atoms with E-state index < -0.39 is 18.2 Å². The fraction of sp³-hybridized carbons (Fsp3) is 0.583. The molecular formula is C24H33IN2O7. The number of ether oxygens (including phenoxy) is 3. The molecule has 1 aromatic carbocycles. The number of amides is 2. The number of rotatable bonds is 11. The molecule has 1 aliphatic carbocycles. The van der Waals surface area contributed by atoms with Gasteiger partial charge in [0, 0.05) is 38.8 Å². The smallest absolute Gasteiger partial charge is 0.247 e. The number of para-hydroxylation sites is 1. The number of halogens is 1. The van der Waals surface area contributed by atoms with Gasteiger partial charge < -0.3 is 34.6 Å². The van der Waals surface area contributed by atoms with E-state index in [1.165, 1.54) is 7.11 Å². The van der Waals surface area contributed by atoms with Crippen LogP contribution < -0.4 is 10.1 Å². The molecule has 1 heterocycles. The second-order valence-corrected chi connectivity index (χ2v) is 9.53. The SMILES string of the molecule is COCCC(=O)N(CC1CCCO1)C1CC(C(=O)NCCO)=CC(Oc2ccccc2I)C1O. The monoisotopic (exact) mass is 588 g/mol. The van der Waals surface area contributed by atoms with Crippen molar-refractivity contribution in [1.82, 2.24) is 10.2 Å². The predicted octanol–water partition coefficient (Wildman–Crippen LogP) is 1.25. The molecule has 4 unspecified atom stereocenters. The summed E-state index contributed by atoms with van der Waals surface area (Å²) in [5, 5.41) is 23.1. The highest BCUT2D eigenvalue weighted by atomic mass is 127. The lowest BCUT2D eigenvalue weighted by Gasteiger charge is -2.41. The average Bonchev–Trinajstić information content (AvgIpc) is 3.35. The Labute approximate surface area is 213 Å². The van der Waals surface area contributed by atoms with Crippen LogP contribution in [-0.4, -0.2) is 91.3 Å². The number of hydrogen-bond acceptors (Lipinski definition) is 7. The molecule has 0 radical (unpaired) electrons. The molecule has 2 amide bonds. The van der Waals surface area contributed by atoms with E-state index in [2.05, 4.69) is 27.9 Å². The van der Waals surface area contributed by atoms with Crippen LogP contribution in [0.5, 0.6) is 5.75 Å². The summed E-state index contributed by atoms with van der Waals surface area (Å²) in [4.78, 5) is 27.6. The van der Waals surface area contributed by atoms with Crippen molar-refractivity contribution >= 4 is 34.4 Å². The van der Waals surface area contributed by atoms with Crippen LogP contribution in [0.2, 0.25) is 0 Å². The highest BCUT2D eigenvalue weighted by molar-refractivity contribution is 14.1. The summed E-state index contributed by atoms with van der Waals surface area (Å²) in [6.45, 7) is 1.15. The van der Waals surface area contributed by atoms with Crippen molar-refractivity contribution in [2.75, 3.05) is 40.0 Å². The Hall–Kier alpha value is -1.73. The minimum atomic E-state index is -1.06. The van der Waals surface area contributed by atoms with Gasteiger partial charge in [0.2, 0.25) is 11.8 Å². The van der Waals surface area contributed by atoms with Gasteiger partial charge in [0.15, 0.2) is 0 Å². The van der Waals surface area contributed by atoms with Gasteiger partial charge in [-0.25, -0.2) is 0 Å².